The molecule has 0 saturated carbocycles. The number of pyridine rings is 1. The maximum absolute atomic E-state index is 5.94. The fraction of sp³-hybridized carbons (Fsp3) is 0. The number of halogens is 1. The van der Waals surface area contributed by atoms with Gasteiger partial charge in [-0.1, -0.05) is 17.7 Å². The van der Waals surface area contributed by atoms with Gasteiger partial charge in [0, 0.05) is 16.6 Å². The summed E-state index contributed by atoms with van der Waals surface area (Å²) in [4.78, 5) is 4.27. The normalized spacial score (nSPS) is 10.6. The number of nitrogens with two attached hydrogens (primary N) is 1. The molecule has 0 saturated heterocycles. The molecular formula is C15H11ClN2O. The molecule has 2 N–H and O–H groups in total. The van der Waals surface area contributed by atoms with E-state index in [-0.39, 0.29) is 0 Å². The van der Waals surface area contributed by atoms with E-state index in [1.54, 1.807) is 24.4 Å². The van der Waals surface area contributed by atoms with Crippen molar-refractivity contribution in [2.24, 2.45) is 0 Å². The van der Waals surface area contributed by atoms with Crippen molar-refractivity contribution < 1.29 is 4.74 Å². The van der Waals surface area contributed by atoms with E-state index in [4.69, 9.17) is 22.1 Å². The number of aromatic nitrogens is 1. The molecule has 0 spiro atoms. The number of fused-ring (bicyclic) bond motifs is 1. The molecule has 0 radical (unpaired) electrons. The second-order valence-corrected chi connectivity index (χ2v) is 4.55. The van der Waals surface area contributed by atoms with Crippen LogP contribution in [0, 0.1) is 0 Å². The van der Waals surface area contributed by atoms with Crippen LogP contribution in [0.2, 0.25) is 5.02 Å². The second kappa shape index (κ2) is 4.78. The number of hydrogen-bond donors (Lipinski definition) is 1. The highest BCUT2D eigenvalue weighted by molar-refractivity contribution is 6.30. The van der Waals surface area contributed by atoms with E-state index in [1.807, 2.05) is 30.3 Å². The first-order valence-electron chi connectivity index (χ1n) is 5.81. The van der Waals surface area contributed by atoms with Crippen molar-refractivity contribution in [1.29, 1.82) is 0 Å². The molecule has 1 aromatic heterocycles. The Bertz CT molecular complexity index is 743. The number of nitrogen functional groups attached to an aromatic ring is 1. The number of benzene rings is 2. The monoisotopic (exact) mass is 270 g/mol. The maximum Gasteiger partial charge on any atom is 0.136 e. The van der Waals surface area contributed by atoms with Crippen LogP contribution in [-0.2, 0) is 0 Å². The molecule has 94 valence electrons. The van der Waals surface area contributed by atoms with Gasteiger partial charge in [-0.25, -0.2) is 0 Å². The first kappa shape index (κ1) is 11.8. The summed E-state index contributed by atoms with van der Waals surface area (Å²) < 4.78 is 5.85. The first-order valence-corrected chi connectivity index (χ1v) is 6.18. The van der Waals surface area contributed by atoms with E-state index >= 15 is 0 Å². The Morgan fingerprint density at radius 3 is 2.79 bits per heavy atom. The van der Waals surface area contributed by atoms with Gasteiger partial charge >= 0.3 is 0 Å². The van der Waals surface area contributed by atoms with Gasteiger partial charge in [-0.15, -0.1) is 0 Å². The molecule has 0 aliphatic rings. The van der Waals surface area contributed by atoms with Crippen molar-refractivity contribution in [3.63, 3.8) is 0 Å². The average molecular weight is 271 g/mol. The standard InChI is InChI=1S/C15H11ClN2O/c16-10-3-1-4-11(9-10)19-14-7-6-13(17)15-12(14)5-2-8-18-15/h1-9H,17H2. The topological polar surface area (TPSA) is 48.1 Å². The molecule has 0 unspecified atom stereocenters. The Morgan fingerprint density at radius 2 is 1.95 bits per heavy atom. The first-order chi connectivity index (χ1) is 9.24. The molecule has 0 bridgehead atoms. The van der Waals surface area contributed by atoms with Gasteiger partial charge in [0.2, 0.25) is 0 Å². The predicted molar refractivity (Wildman–Crippen MR) is 77.7 cm³/mol. The summed E-state index contributed by atoms with van der Waals surface area (Å²) in [5, 5.41) is 1.51. The van der Waals surface area contributed by atoms with Gasteiger partial charge in [0.15, 0.2) is 0 Å². The highest BCUT2D eigenvalue weighted by atomic mass is 35.5. The molecule has 3 aromatic rings. The molecular weight excluding hydrogens is 260 g/mol. The fourth-order valence-corrected chi connectivity index (χ4v) is 2.10. The zero-order valence-corrected chi connectivity index (χ0v) is 10.8. The molecule has 1 heterocycles. The van der Waals surface area contributed by atoms with Crippen LogP contribution in [0.25, 0.3) is 10.9 Å². The van der Waals surface area contributed by atoms with Gasteiger partial charge in [0.05, 0.1) is 11.2 Å². The van der Waals surface area contributed by atoms with Crippen molar-refractivity contribution in [2.75, 3.05) is 5.73 Å². The van der Waals surface area contributed by atoms with Gasteiger partial charge in [-0.3, -0.25) is 4.98 Å². The number of hydrogen-bond acceptors (Lipinski definition) is 3. The lowest BCUT2D eigenvalue weighted by Gasteiger charge is -2.10. The Balaban J connectivity index is 2.09. The fourth-order valence-electron chi connectivity index (χ4n) is 1.91. The highest BCUT2D eigenvalue weighted by Gasteiger charge is 2.07. The SMILES string of the molecule is Nc1ccc(Oc2cccc(Cl)c2)c2cccnc12. The van der Waals surface area contributed by atoms with Gasteiger partial charge < -0.3 is 10.5 Å². The zero-order valence-electron chi connectivity index (χ0n) is 10.0. The van der Waals surface area contributed by atoms with E-state index < -0.39 is 0 Å². The van der Waals surface area contributed by atoms with Crippen molar-refractivity contribution >= 4 is 28.2 Å². The van der Waals surface area contributed by atoms with Crippen LogP contribution in [-0.4, -0.2) is 4.98 Å². The van der Waals surface area contributed by atoms with Crippen LogP contribution in [0.3, 0.4) is 0 Å². The summed E-state index contributed by atoms with van der Waals surface area (Å²) in [6.07, 6.45) is 1.71. The minimum Gasteiger partial charge on any atom is -0.457 e. The molecule has 3 nitrogen and oxygen atoms in total. The summed E-state index contributed by atoms with van der Waals surface area (Å²) >= 11 is 5.94. The summed E-state index contributed by atoms with van der Waals surface area (Å²) in [6, 6.07) is 14.7. The molecule has 0 amide bonds. The predicted octanol–water partition coefficient (Wildman–Crippen LogP) is 4.26. The minimum absolute atomic E-state index is 0.633. The number of nitrogens with zero attached hydrogens (tertiary/aromatic N) is 1. The van der Waals surface area contributed by atoms with E-state index in [1.165, 1.54) is 0 Å². The molecule has 3 rings (SSSR count). The average Bonchev–Trinajstić information content (AvgIpc) is 2.42. The minimum atomic E-state index is 0.633. The Morgan fingerprint density at radius 1 is 1.05 bits per heavy atom. The molecule has 4 heteroatoms. The van der Waals surface area contributed by atoms with Gasteiger partial charge in [0.1, 0.15) is 11.5 Å². The largest absolute Gasteiger partial charge is 0.457 e. The number of ether oxygens (including phenoxy) is 1. The Labute approximate surface area is 115 Å². The summed E-state index contributed by atoms with van der Waals surface area (Å²) in [5.41, 5.74) is 7.27. The zero-order chi connectivity index (χ0) is 13.2. The van der Waals surface area contributed by atoms with Crippen LogP contribution >= 0.6 is 11.6 Å². The van der Waals surface area contributed by atoms with Crippen molar-refractivity contribution in [3.05, 3.63) is 59.8 Å². The van der Waals surface area contributed by atoms with E-state index in [2.05, 4.69) is 4.98 Å². The van der Waals surface area contributed by atoms with Crippen LogP contribution in [0.4, 0.5) is 5.69 Å². The van der Waals surface area contributed by atoms with Crippen molar-refractivity contribution in [3.8, 4) is 11.5 Å². The lowest BCUT2D eigenvalue weighted by molar-refractivity contribution is 0.488. The molecule has 2 aromatic carbocycles. The molecule has 0 atom stereocenters. The van der Waals surface area contributed by atoms with Crippen LogP contribution in [0.15, 0.2) is 54.7 Å². The number of anilines is 1. The number of rotatable bonds is 2. The molecule has 0 aliphatic heterocycles. The molecule has 19 heavy (non-hydrogen) atoms. The van der Waals surface area contributed by atoms with Crippen molar-refractivity contribution in [1.82, 2.24) is 4.98 Å². The van der Waals surface area contributed by atoms with Crippen LogP contribution in [0.1, 0.15) is 0 Å². The maximum atomic E-state index is 5.94. The van der Waals surface area contributed by atoms with E-state index in [0.717, 1.165) is 10.9 Å². The van der Waals surface area contributed by atoms with Crippen LogP contribution in [0.5, 0.6) is 11.5 Å². The van der Waals surface area contributed by atoms with Crippen molar-refractivity contribution in [2.45, 2.75) is 0 Å². The Kier molecular flexibility index (Phi) is 2.97. The third kappa shape index (κ3) is 2.33. The summed E-state index contributed by atoms with van der Waals surface area (Å²) in [7, 11) is 0. The van der Waals surface area contributed by atoms with Gasteiger partial charge in [-0.05, 0) is 42.5 Å². The summed E-state index contributed by atoms with van der Waals surface area (Å²) in [6.45, 7) is 0. The lowest BCUT2D eigenvalue weighted by Crippen LogP contribution is -1.92. The third-order valence-electron chi connectivity index (χ3n) is 2.78. The third-order valence-corrected chi connectivity index (χ3v) is 3.02. The summed E-state index contributed by atoms with van der Waals surface area (Å²) in [5.74, 6) is 1.39. The molecule has 0 aliphatic carbocycles. The highest BCUT2D eigenvalue weighted by Crippen LogP contribution is 2.32. The van der Waals surface area contributed by atoms with E-state index in [0.29, 0.717) is 22.2 Å². The smallest absolute Gasteiger partial charge is 0.136 e. The molecule has 0 fully saturated rings. The van der Waals surface area contributed by atoms with Crippen LogP contribution < -0.4 is 10.5 Å². The van der Waals surface area contributed by atoms with Gasteiger partial charge in [0.25, 0.3) is 0 Å². The lowest BCUT2D eigenvalue weighted by atomic mass is 10.1. The van der Waals surface area contributed by atoms with Gasteiger partial charge in [-0.2, -0.15) is 0 Å². The second-order valence-electron chi connectivity index (χ2n) is 4.11. The van der Waals surface area contributed by atoms with E-state index in [9.17, 15) is 0 Å². The Hall–Kier alpha value is -2.26. The quantitative estimate of drug-likeness (QED) is 0.708.